The van der Waals surface area contributed by atoms with Crippen LogP contribution >= 0.6 is 0 Å². The molecule has 0 amide bonds. The van der Waals surface area contributed by atoms with Crippen LogP contribution in [0.4, 0.5) is 5.69 Å². The molecule has 0 atom stereocenters. The highest BCUT2D eigenvalue weighted by Gasteiger charge is 2.20. The van der Waals surface area contributed by atoms with E-state index in [1.807, 2.05) is 0 Å². The molecule has 0 saturated carbocycles. The van der Waals surface area contributed by atoms with Gasteiger partial charge in [0.2, 0.25) is 0 Å². The van der Waals surface area contributed by atoms with Gasteiger partial charge in [-0.25, -0.2) is 4.98 Å². The van der Waals surface area contributed by atoms with Gasteiger partial charge in [0, 0.05) is 18.6 Å². The maximum absolute atomic E-state index is 10.9. The third kappa shape index (κ3) is 1.26. The minimum absolute atomic E-state index is 0.0532. The van der Waals surface area contributed by atoms with E-state index in [1.54, 1.807) is 19.4 Å². The fourth-order valence-corrected chi connectivity index (χ4v) is 1.49. The van der Waals surface area contributed by atoms with Crippen molar-refractivity contribution in [1.29, 1.82) is 0 Å². The van der Waals surface area contributed by atoms with Crippen molar-refractivity contribution in [3.63, 3.8) is 0 Å². The number of pyridine rings is 1. The molecule has 0 aliphatic heterocycles. The van der Waals surface area contributed by atoms with Gasteiger partial charge in [-0.2, -0.15) is 5.10 Å². The molecule has 2 rings (SSSR count). The van der Waals surface area contributed by atoms with Crippen LogP contribution in [0.2, 0.25) is 0 Å². The smallest absolute Gasteiger partial charge is 0.261 e. The fourth-order valence-electron chi connectivity index (χ4n) is 1.49. The Bertz CT molecular complexity index is 558. The summed E-state index contributed by atoms with van der Waals surface area (Å²) in [5.74, 6) is 0. The van der Waals surface area contributed by atoms with Crippen molar-refractivity contribution in [3.8, 4) is 0 Å². The van der Waals surface area contributed by atoms with Gasteiger partial charge in [-0.3, -0.25) is 14.8 Å². The molecule has 15 heavy (non-hydrogen) atoms. The van der Waals surface area contributed by atoms with Crippen molar-refractivity contribution < 1.29 is 4.92 Å². The Labute approximate surface area is 85.0 Å². The largest absolute Gasteiger partial charge is 0.320 e. The molecular weight excluding hydrogens is 196 g/mol. The van der Waals surface area contributed by atoms with Crippen LogP contribution in [0.1, 0.15) is 5.69 Å². The third-order valence-corrected chi connectivity index (χ3v) is 2.15. The first-order chi connectivity index (χ1) is 7.15. The van der Waals surface area contributed by atoms with E-state index in [1.165, 1.54) is 10.8 Å². The molecule has 0 bridgehead atoms. The van der Waals surface area contributed by atoms with Crippen molar-refractivity contribution >= 4 is 22.7 Å². The molecule has 2 aromatic heterocycles. The van der Waals surface area contributed by atoms with E-state index in [4.69, 9.17) is 0 Å². The minimum atomic E-state index is -0.464. The van der Waals surface area contributed by atoms with E-state index >= 15 is 0 Å². The number of fused-ring (bicyclic) bond motifs is 1. The molecule has 76 valence electrons. The SMILES string of the molecule is C=Cc1ncc2cnn(C)c2c1[N+](=O)[O-]. The molecule has 6 heteroatoms. The van der Waals surface area contributed by atoms with Gasteiger partial charge in [0.25, 0.3) is 0 Å². The zero-order chi connectivity index (χ0) is 11.0. The molecule has 2 aromatic rings. The zero-order valence-electron chi connectivity index (χ0n) is 8.04. The molecule has 2 heterocycles. The summed E-state index contributed by atoms with van der Waals surface area (Å²) in [5.41, 5.74) is 0.670. The summed E-state index contributed by atoms with van der Waals surface area (Å²) in [6.07, 6.45) is 4.46. The Hall–Kier alpha value is -2.24. The van der Waals surface area contributed by atoms with Gasteiger partial charge in [-0.05, 0) is 6.08 Å². The highest BCUT2D eigenvalue weighted by atomic mass is 16.6. The molecule has 0 aliphatic carbocycles. The number of nitrogens with zero attached hydrogens (tertiary/aromatic N) is 4. The lowest BCUT2D eigenvalue weighted by Crippen LogP contribution is -1.99. The van der Waals surface area contributed by atoms with Crippen LogP contribution in [0.3, 0.4) is 0 Å². The van der Waals surface area contributed by atoms with E-state index < -0.39 is 4.92 Å². The summed E-state index contributed by atoms with van der Waals surface area (Å²) < 4.78 is 1.46. The average molecular weight is 204 g/mol. The van der Waals surface area contributed by atoms with Gasteiger partial charge in [-0.1, -0.05) is 6.58 Å². The van der Waals surface area contributed by atoms with Gasteiger partial charge in [0.1, 0.15) is 11.2 Å². The summed E-state index contributed by atoms with van der Waals surface area (Å²) in [5, 5.41) is 15.5. The summed E-state index contributed by atoms with van der Waals surface area (Å²) in [4.78, 5) is 14.4. The molecule has 0 fully saturated rings. The van der Waals surface area contributed by atoms with Crippen LogP contribution in [-0.4, -0.2) is 19.7 Å². The second-order valence-electron chi connectivity index (χ2n) is 3.03. The molecular formula is C9H8N4O2. The highest BCUT2D eigenvalue weighted by molar-refractivity contribution is 5.89. The number of aryl methyl sites for hydroxylation is 1. The van der Waals surface area contributed by atoms with Gasteiger partial charge < -0.3 is 0 Å². The summed E-state index contributed by atoms with van der Waals surface area (Å²) >= 11 is 0. The maximum atomic E-state index is 10.9. The lowest BCUT2D eigenvalue weighted by molar-refractivity contribution is -0.383. The summed E-state index contributed by atoms with van der Waals surface area (Å²) in [6.45, 7) is 3.50. The quantitative estimate of drug-likeness (QED) is 0.549. The van der Waals surface area contributed by atoms with Crippen LogP contribution in [0.15, 0.2) is 19.0 Å². The first kappa shape index (κ1) is 9.32. The molecule has 0 aromatic carbocycles. The summed E-state index contributed by atoms with van der Waals surface area (Å²) in [6, 6.07) is 0. The van der Waals surface area contributed by atoms with Crippen LogP contribution in [-0.2, 0) is 7.05 Å². The van der Waals surface area contributed by atoms with E-state index in [-0.39, 0.29) is 11.4 Å². The predicted molar refractivity (Wildman–Crippen MR) is 55.3 cm³/mol. The lowest BCUT2D eigenvalue weighted by Gasteiger charge is -1.99. The number of nitro groups is 1. The Morgan fingerprint density at radius 2 is 2.33 bits per heavy atom. The van der Waals surface area contributed by atoms with E-state index in [9.17, 15) is 10.1 Å². The Kier molecular flexibility index (Phi) is 1.96. The predicted octanol–water partition coefficient (Wildman–Crippen LogP) is 1.52. The van der Waals surface area contributed by atoms with Crippen LogP contribution in [0.25, 0.3) is 17.0 Å². The Morgan fingerprint density at radius 3 is 2.93 bits per heavy atom. The molecule has 0 unspecified atom stereocenters. The van der Waals surface area contributed by atoms with E-state index in [0.717, 1.165) is 0 Å². The second-order valence-corrected chi connectivity index (χ2v) is 3.03. The molecule has 0 spiro atoms. The number of hydrogen-bond acceptors (Lipinski definition) is 4. The average Bonchev–Trinajstić information content (AvgIpc) is 2.59. The monoisotopic (exact) mass is 204 g/mol. The highest BCUT2D eigenvalue weighted by Crippen LogP contribution is 2.27. The van der Waals surface area contributed by atoms with Gasteiger partial charge in [0.05, 0.1) is 11.1 Å². The third-order valence-electron chi connectivity index (χ3n) is 2.15. The normalized spacial score (nSPS) is 10.5. The van der Waals surface area contributed by atoms with Gasteiger partial charge >= 0.3 is 5.69 Å². The van der Waals surface area contributed by atoms with Crippen molar-refractivity contribution in [2.24, 2.45) is 7.05 Å². The fraction of sp³-hybridized carbons (Fsp3) is 0.111. The minimum Gasteiger partial charge on any atom is -0.261 e. The Balaban J connectivity index is 2.95. The molecule has 6 nitrogen and oxygen atoms in total. The molecule has 0 saturated heterocycles. The number of rotatable bonds is 2. The number of hydrogen-bond donors (Lipinski definition) is 0. The first-order valence-electron chi connectivity index (χ1n) is 4.22. The van der Waals surface area contributed by atoms with Crippen molar-refractivity contribution in [3.05, 3.63) is 34.8 Å². The second kappa shape index (κ2) is 3.16. The van der Waals surface area contributed by atoms with Crippen LogP contribution in [0.5, 0.6) is 0 Å². The maximum Gasteiger partial charge on any atom is 0.320 e. The van der Waals surface area contributed by atoms with Gasteiger partial charge in [-0.15, -0.1) is 0 Å². The van der Waals surface area contributed by atoms with Crippen LogP contribution in [0, 0.1) is 10.1 Å². The van der Waals surface area contributed by atoms with Crippen molar-refractivity contribution in [2.45, 2.75) is 0 Å². The Morgan fingerprint density at radius 1 is 1.60 bits per heavy atom. The summed E-state index contributed by atoms with van der Waals surface area (Å²) in [7, 11) is 1.65. The molecule has 0 radical (unpaired) electrons. The van der Waals surface area contributed by atoms with Crippen LogP contribution < -0.4 is 0 Å². The van der Waals surface area contributed by atoms with Crippen molar-refractivity contribution in [1.82, 2.24) is 14.8 Å². The lowest BCUT2D eigenvalue weighted by atomic mass is 10.2. The number of aromatic nitrogens is 3. The zero-order valence-corrected chi connectivity index (χ0v) is 8.04. The van der Waals surface area contributed by atoms with Gasteiger partial charge in [0.15, 0.2) is 0 Å². The molecule has 0 aliphatic rings. The topological polar surface area (TPSA) is 73.8 Å². The van der Waals surface area contributed by atoms with E-state index in [0.29, 0.717) is 10.9 Å². The van der Waals surface area contributed by atoms with E-state index in [2.05, 4.69) is 16.7 Å². The first-order valence-corrected chi connectivity index (χ1v) is 4.22. The van der Waals surface area contributed by atoms with Crippen molar-refractivity contribution in [2.75, 3.05) is 0 Å². The standard InChI is InChI=1S/C9H8N4O2/c1-3-7-9(13(14)15)8-6(4-10-7)5-11-12(8)2/h3-5H,1H2,2H3. The molecule has 0 N–H and O–H groups in total.